The van der Waals surface area contributed by atoms with Crippen molar-refractivity contribution in [1.82, 2.24) is 0 Å². The Labute approximate surface area is 588 Å². The summed E-state index contributed by atoms with van der Waals surface area (Å²) in [4.78, 5) is 72.8. The van der Waals surface area contributed by atoms with E-state index in [1.807, 2.05) is 0 Å². The van der Waals surface area contributed by atoms with Gasteiger partial charge in [-0.15, -0.1) is 0 Å². The molecule has 0 aliphatic carbocycles. The normalized spacial score (nSPS) is 14.3. The third-order valence-electron chi connectivity index (χ3n) is 18.3. The number of hydrogen-bond donors (Lipinski definition) is 3. The number of aliphatic hydroxyl groups is 1. The third-order valence-corrected chi connectivity index (χ3v) is 20.2. The topological polar surface area (TPSA) is 237 Å². The van der Waals surface area contributed by atoms with Gasteiger partial charge in [0.2, 0.25) is 0 Å². The highest BCUT2D eigenvalue weighted by Crippen LogP contribution is 2.45. The molecule has 0 radical (unpaired) electrons. The Morgan fingerprint density at radius 2 is 0.531 bits per heavy atom. The van der Waals surface area contributed by atoms with Gasteiger partial charge in [0.1, 0.15) is 19.3 Å². The highest BCUT2D eigenvalue weighted by Gasteiger charge is 2.30. The van der Waals surface area contributed by atoms with Crippen molar-refractivity contribution in [3.8, 4) is 0 Å². The Bertz CT molecular complexity index is 1860. The highest BCUT2D eigenvalue weighted by atomic mass is 31.2. The van der Waals surface area contributed by atoms with Gasteiger partial charge in [0.15, 0.2) is 12.2 Å². The number of carbonyl (C=O) groups excluding carboxylic acids is 4. The fourth-order valence-corrected chi connectivity index (χ4v) is 13.4. The first-order valence-electron chi connectivity index (χ1n) is 40.0. The number of phosphoric acid groups is 2. The van der Waals surface area contributed by atoms with E-state index in [0.29, 0.717) is 25.7 Å². The van der Waals surface area contributed by atoms with E-state index in [9.17, 15) is 43.2 Å². The maximum atomic E-state index is 13.1. The summed E-state index contributed by atoms with van der Waals surface area (Å²) in [5, 5.41) is 10.6. The molecule has 0 aliphatic heterocycles. The number of carbonyl (C=O) groups is 4. The van der Waals surface area contributed by atoms with Crippen LogP contribution in [0.3, 0.4) is 0 Å². The second-order valence-corrected chi connectivity index (χ2v) is 31.4. The molecule has 0 rings (SSSR count). The van der Waals surface area contributed by atoms with Crippen molar-refractivity contribution in [2.75, 3.05) is 39.6 Å². The van der Waals surface area contributed by atoms with Crippen molar-refractivity contribution >= 4 is 39.5 Å². The standard InChI is InChI=1S/C77H150O17P2/c1-7-10-12-14-16-18-19-20-21-22-26-29-36-42-48-54-60-75(80)88-66-73(93-76(81)61-55-49-43-37-30-27-24-23-25-28-35-40-46-52-58-70(6)9-3)68-92-96(85,86)90-64-71(78)63-89-95(83,84)91-67-72(65-87-74(79)59-53-47-41-33-17-15-13-11-8-2)94-77(82)62-56-50-44-38-32-31-34-39-45-51-57-69(4)5/h69-73,78H,7-68H2,1-6H3,(H,83,84)(H,85,86)/t70?,71-,72+,73+/m0/s1. The lowest BCUT2D eigenvalue weighted by Crippen LogP contribution is -2.30. The number of ether oxygens (including phenoxy) is 4. The average Bonchev–Trinajstić information content (AvgIpc) is 1.19. The molecule has 17 nitrogen and oxygen atoms in total. The molecule has 0 amide bonds. The summed E-state index contributed by atoms with van der Waals surface area (Å²) in [5.74, 6) is -0.516. The van der Waals surface area contributed by atoms with Crippen molar-refractivity contribution in [2.45, 2.75) is 419 Å². The van der Waals surface area contributed by atoms with E-state index >= 15 is 0 Å². The van der Waals surface area contributed by atoms with Crippen LogP contribution in [-0.4, -0.2) is 96.7 Å². The summed E-state index contributed by atoms with van der Waals surface area (Å²) in [6.45, 7) is 9.64. The minimum absolute atomic E-state index is 0.106. The molecule has 0 fully saturated rings. The fourth-order valence-electron chi connectivity index (χ4n) is 11.8. The smallest absolute Gasteiger partial charge is 0.462 e. The molecule has 0 spiro atoms. The van der Waals surface area contributed by atoms with Gasteiger partial charge >= 0.3 is 39.5 Å². The lowest BCUT2D eigenvalue weighted by atomic mass is 9.99. The van der Waals surface area contributed by atoms with Gasteiger partial charge in [0.25, 0.3) is 0 Å². The van der Waals surface area contributed by atoms with E-state index in [-0.39, 0.29) is 25.7 Å². The molecule has 0 aliphatic rings. The molecule has 6 atom stereocenters. The van der Waals surface area contributed by atoms with Gasteiger partial charge in [-0.1, -0.05) is 350 Å². The first-order valence-corrected chi connectivity index (χ1v) is 43.0. The Balaban J connectivity index is 5.23. The number of unbranched alkanes of at least 4 members (excludes halogenated alkanes) is 45. The average molecular weight is 1410 g/mol. The second-order valence-electron chi connectivity index (χ2n) is 28.5. The quantitative estimate of drug-likeness (QED) is 0.0222. The molecule has 0 aromatic rings. The van der Waals surface area contributed by atoms with Crippen LogP contribution in [0.4, 0.5) is 0 Å². The monoisotopic (exact) mass is 1410 g/mol. The van der Waals surface area contributed by atoms with Gasteiger partial charge in [0, 0.05) is 25.7 Å². The number of esters is 4. The maximum absolute atomic E-state index is 13.1. The summed E-state index contributed by atoms with van der Waals surface area (Å²) in [6.07, 6.45) is 56.8. The predicted molar refractivity (Wildman–Crippen MR) is 391 cm³/mol. The Hall–Kier alpha value is -1.94. The molecular formula is C77H150O17P2. The molecular weight excluding hydrogens is 1260 g/mol. The van der Waals surface area contributed by atoms with E-state index in [1.165, 1.54) is 218 Å². The summed E-state index contributed by atoms with van der Waals surface area (Å²) >= 11 is 0. The zero-order valence-corrected chi connectivity index (χ0v) is 64.5. The molecule has 570 valence electrons. The lowest BCUT2D eigenvalue weighted by molar-refractivity contribution is -0.161. The van der Waals surface area contributed by atoms with Crippen LogP contribution in [0.2, 0.25) is 0 Å². The molecule has 0 bridgehead atoms. The Morgan fingerprint density at radius 3 is 0.792 bits per heavy atom. The van der Waals surface area contributed by atoms with Gasteiger partial charge in [-0.2, -0.15) is 0 Å². The molecule has 0 aromatic carbocycles. The summed E-state index contributed by atoms with van der Waals surface area (Å²) in [6, 6.07) is 0. The van der Waals surface area contributed by atoms with E-state index in [2.05, 4.69) is 41.5 Å². The van der Waals surface area contributed by atoms with Crippen molar-refractivity contribution in [3.05, 3.63) is 0 Å². The van der Waals surface area contributed by atoms with Crippen molar-refractivity contribution in [3.63, 3.8) is 0 Å². The zero-order valence-electron chi connectivity index (χ0n) is 62.7. The highest BCUT2D eigenvalue weighted by molar-refractivity contribution is 7.47. The molecule has 0 saturated carbocycles. The number of rotatable bonds is 76. The number of aliphatic hydroxyl groups excluding tert-OH is 1. The van der Waals surface area contributed by atoms with Gasteiger partial charge in [0.05, 0.1) is 26.4 Å². The number of phosphoric ester groups is 2. The second kappa shape index (κ2) is 68.8. The van der Waals surface area contributed by atoms with Crippen molar-refractivity contribution < 1.29 is 80.2 Å². The van der Waals surface area contributed by atoms with E-state index in [0.717, 1.165) is 102 Å². The Morgan fingerprint density at radius 1 is 0.302 bits per heavy atom. The molecule has 0 aromatic heterocycles. The minimum Gasteiger partial charge on any atom is -0.462 e. The zero-order chi connectivity index (χ0) is 70.7. The molecule has 0 heterocycles. The molecule has 3 unspecified atom stereocenters. The molecule has 19 heteroatoms. The Kier molecular flexibility index (Phi) is 67.4. The van der Waals surface area contributed by atoms with E-state index in [4.69, 9.17) is 37.0 Å². The fraction of sp³-hybridized carbons (Fsp3) is 0.948. The van der Waals surface area contributed by atoms with Crippen LogP contribution in [0.25, 0.3) is 0 Å². The molecule has 96 heavy (non-hydrogen) atoms. The SMILES string of the molecule is CCCCCCCCCCCCCCCCCCC(=O)OC[C@H](COP(=O)(O)OC[C@@H](O)COP(=O)(O)OC[C@@H](COC(=O)CCCCCCCCCCC)OC(=O)CCCCCCCCCCCCC(C)C)OC(=O)CCCCCCCCCCCCCCCCC(C)CC. The lowest BCUT2D eigenvalue weighted by Gasteiger charge is -2.21. The van der Waals surface area contributed by atoms with Crippen LogP contribution in [0.1, 0.15) is 401 Å². The summed E-state index contributed by atoms with van der Waals surface area (Å²) in [7, 11) is -9.91. The van der Waals surface area contributed by atoms with Gasteiger partial charge in [-0.05, 0) is 37.5 Å². The van der Waals surface area contributed by atoms with Crippen LogP contribution in [0.5, 0.6) is 0 Å². The van der Waals surface area contributed by atoms with Gasteiger partial charge < -0.3 is 33.8 Å². The van der Waals surface area contributed by atoms with Gasteiger partial charge in [-0.3, -0.25) is 37.3 Å². The van der Waals surface area contributed by atoms with Crippen LogP contribution in [0, 0.1) is 11.8 Å². The van der Waals surface area contributed by atoms with E-state index < -0.39 is 97.5 Å². The maximum Gasteiger partial charge on any atom is 0.472 e. The van der Waals surface area contributed by atoms with Crippen molar-refractivity contribution in [2.24, 2.45) is 11.8 Å². The predicted octanol–water partition coefficient (Wildman–Crippen LogP) is 22.7. The van der Waals surface area contributed by atoms with Crippen molar-refractivity contribution in [1.29, 1.82) is 0 Å². The minimum atomic E-state index is -4.96. The molecule has 0 saturated heterocycles. The molecule has 3 N–H and O–H groups in total. The third kappa shape index (κ3) is 69.2. The van der Waals surface area contributed by atoms with Crippen LogP contribution in [0.15, 0.2) is 0 Å². The largest absolute Gasteiger partial charge is 0.472 e. The number of hydrogen-bond acceptors (Lipinski definition) is 15. The summed E-state index contributed by atoms with van der Waals surface area (Å²) < 4.78 is 68.5. The van der Waals surface area contributed by atoms with Gasteiger partial charge in [-0.25, -0.2) is 9.13 Å². The van der Waals surface area contributed by atoms with Crippen LogP contribution in [-0.2, 0) is 65.4 Å². The van der Waals surface area contributed by atoms with Crippen LogP contribution >= 0.6 is 15.6 Å². The van der Waals surface area contributed by atoms with E-state index in [1.54, 1.807) is 0 Å². The summed E-state index contributed by atoms with van der Waals surface area (Å²) in [5.41, 5.74) is 0. The van der Waals surface area contributed by atoms with Crippen LogP contribution < -0.4 is 0 Å². The first-order chi connectivity index (χ1) is 46.4. The first kappa shape index (κ1) is 94.1.